The highest BCUT2D eigenvalue weighted by Gasteiger charge is 2.48. The maximum Gasteiger partial charge on any atom is 0.262 e. The standard InChI is InChI=1S/C30H31N5O2S/c31-22-13-12-21-23-24(27(38-26(22)23)29(37)35-20-7-4-14-34-16-20)25(32)28(36)30(21,33)19-10-8-18(9-11-19)15-17-5-2-1-3-6-17/h1-3,5-6,8-13,20,25,34H,4,7,14-16,31-33H2,(H,35,37). The smallest absolute Gasteiger partial charge is 0.262 e. The van der Waals surface area contributed by atoms with Gasteiger partial charge in [0.25, 0.3) is 5.91 Å². The Balaban J connectivity index is 1.41. The topological polar surface area (TPSA) is 136 Å². The van der Waals surface area contributed by atoms with Crippen LogP contribution >= 0.6 is 11.3 Å². The van der Waals surface area contributed by atoms with Crippen LogP contribution in [-0.2, 0) is 16.8 Å². The van der Waals surface area contributed by atoms with Gasteiger partial charge in [-0.15, -0.1) is 11.3 Å². The first-order chi connectivity index (χ1) is 18.4. The van der Waals surface area contributed by atoms with Crippen molar-refractivity contribution in [3.8, 4) is 0 Å². The molecule has 1 saturated heterocycles. The van der Waals surface area contributed by atoms with Crippen molar-refractivity contribution in [1.82, 2.24) is 10.6 Å². The van der Waals surface area contributed by atoms with Gasteiger partial charge in [-0.2, -0.15) is 0 Å². The van der Waals surface area contributed by atoms with Gasteiger partial charge in [-0.05, 0) is 54.1 Å². The van der Waals surface area contributed by atoms with E-state index >= 15 is 0 Å². The summed E-state index contributed by atoms with van der Waals surface area (Å²) in [6.45, 7) is 1.67. The van der Waals surface area contributed by atoms with Gasteiger partial charge in [0.2, 0.25) is 0 Å². The Morgan fingerprint density at radius 3 is 2.50 bits per heavy atom. The summed E-state index contributed by atoms with van der Waals surface area (Å²) >= 11 is 1.29. The van der Waals surface area contributed by atoms with Crippen LogP contribution in [0.2, 0.25) is 0 Å². The van der Waals surface area contributed by atoms with Crippen LogP contribution < -0.4 is 27.8 Å². The molecule has 0 bridgehead atoms. The van der Waals surface area contributed by atoms with Gasteiger partial charge in [-0.1, -0.05) is 60.7 Å². The Bertz CT molecular complexity index is 1530. The van der Waals surface area contributed by atoms with Crippen LogP contribution in [0.1, 0.15) is 56.4 Å². The molecule has 1 aromatic heterocycles. The lowest BCUT2D eigenvalue weighted by molar-refractivity contribution is -0.124. The predicted octanol–water partition coefficient (Wildman–Crippen LogP) is 3.34. The maximum absolute atomic E-state index is 14.0. The number of nitrogen functional groups attached to an aromatic ring is 1. The van der Waals surface area contributed by atoms with Crippen molar-refractivity contribution < 1.29 is 9.59 Å². The molecule has 7 nitrogen and oxygen atoms in total. The first kappa shape index (κ1) is 24.8. The van der Waals surface area contributed by atoms with Crippen molar-refractivity contribution in [2.45, 2.75) is 36.9 Å². The number of Topliss-reactive ketones (excluding diaryl/α,β-unsaturated/α-hetero) is 1. The number of carbonyl (C=O) groups excluding carboxylic acids is 2. The molecule has 4 aromatic rings. The van der Waals surface area contributed by atoms with Gasteiger partial charge in [-0.25, -0.2) is 0 Å². The Labute approximate surface area is 225 Å². The predicted molar refractivity (Wildman–Crippen MR) is 152 cm³/mol. The average molecular weight is 526 g/mol. The van der Waals surface area contributed by atoms with E-state index in [2.05, 4.69) is 22.8 Å². The highest BCUT2D eigenvalue weighted by molar-refractivity contribution is 7.21. The number of hydrogen-bond acceptors (Lipinski definition) is 7. The monoisotopic (exact) mass is 525 g/mol. The van der Waals surface area contributed by atoms with E-state index in [1.165, 1.54) is 16.9 Å². The molecule has 2 aliphatic rings. The summed E-state index contributed by atoms with van der Waals surface area (Å²) in [4.78, 5) is 27.8. The minimum Gasteiger partial charge on any atom is -0.398 e. The summed E-state index contributed by atoms with van der Waals surface area (Å²) in [5.41, 5.74) is 23.2. The van der Waals surface area contributed by atoms with E-state index < -0.39 is 11.6 Å². The Morgan fingerprint density at radius 2 is 1.79 bits per heavy atom. The fourth-order valence-electron chi connectivity index (χ4n) is 5.79. The first-order valence-electron chi connectivity index (χ1n) is 13.0. The van der Waals surface area contributed by atoms with Crippen LogP contribution in [0, 0.1) is 0 Å². The first-order valence-corrected chi connectivity index (χ1v) is 13.8. The largest absolute Gasteiger partial charge is 0.398 e. The normalized spacial score (nSPS) is 22.9. The van der Waals surface area contributed by atoms with Crippen LogP contribution in [0.5, 0.6) is 0 Å². The van der Waals surface area contributed by atoms with Crippen molar-refractivity contribution >= 4 is 38.8 Å². The van der Waals surface area contributed by atoms with Crippen molar-refractivity contribution in [1.29, 1.82) is 0 Å². The summed E-state index contributed by atoms with van der Waals surface area (Å²) in [5.74, 6) is -0.558. The molecule has 3 unspecified atom stereocenters. The third kappa shape index (κ3) is 4.01. The average Bonchev–Trinajstić information content (AvgIpc) is 3.35. The van der Waals surface area contributed by atoms with E-state index in [-0.39, 0.29) is 17.7 Å². The lowest BCUT2D eigenvalue weighted by Crippen LogP contribution is -2.52. The molecule has 6 rings (SSSR count). The Kier molecular flexibility index (Phi) is 6.28. The fraction of sp³-hybridized carbons (Fsp3) is 0.267. The zero-order valence-corrected chi connectivity index (χ0v) is 21.8. The van der Waals surface area contributed by atoms with Gasteiger partial charge in [0.15, 0.2) is 5.78 Å². The lowest BCUT2D eigenvalue weighted by Gasteiger charge is -2.36. The molecule has 2 heterocycles. The molecule has 0 radical (unpaired) electrons. The fourth-order valence-corrected chi connectivity index (χ4v) is 6.99. The summed E-state index contributed by atoms with van der Waals surface area (Å²) < 4.78 is 0.739. The third-order valence-corrected chi connectivity index (χ3v) is 9.07. The number of piperidine rings is 1. The van der Waals surface area contributed by atoms with Crippen LogP contribution in [0.15, 0.2) is 66.7 Å². The summed E-state index contributed by atoms with van der Waals surface area (Å²) in [5, 5.41) is 7.16. The van der Waals surface area contributed by atoms with Crippen molar-refractivity contribution in [2.75, 3.05) is 18.8 Å². The van der Waals surface area contributed by atoms with Crippen molar-refractivity contribution in [3.05, 3.63) is 99.4 Å². The van der Waals surface area contributed by atoms with Crippen molar-refractivity contribution in [2.24, 2.45) is 11.5 Å². The van der Waals surface area contributed by atoms with E-state index in [1.807, 2.05) is 48.5 Å². The number of ketones is 1. The van der Waals surface area contributed by atoms with Gasteiger partial charge < -0.3 is 27.8 Å². The molecule has 1 fully saturated rings. The molecular weight excluding hydrogens is 494 g/mol. The zero-order valence-electron chi connectivity index (χ0n) is 21.0. The second-order valence-corrected chi connectivity index (χ2v) is 11.3. The van der Waals surface area contributed by atoms with Gasteiger partial charge >= 0.3 is 0 Å². The molecule has 1 amide bonds. The number of rotatable bonds is 5. The van der Waals surface area contributed by atoms with E-state index in [0.717, 1.165) is 48.0 Å². The summed E-state index contributed by atoms with van der Waals surface area (Å²) in [6.07, 6.45) is 2.69. The number of anilines is 1. The lowest BCUT2D eigenvalue weighted by atomic mass is 9.70. The number of thiophene rings is 1. The van der Waals surface area contributed by atoms with Gasteiger partial charge in [0.05, 0.1) is 15.6 Å². The summed E-state index contributed by atoms with van der Waals surface area (Å²) in [7, 11) is 0. The minimum atomic E-state index is -1.45. The van der Waals surface area contributed by atoms with E-state index in [0.29, 0.717) is 27.3 Å². The minimum absolute atomic E-state index is 0.0315. The number of benzene rings is 3. The van der Waals surface area contributed by atoms with Crippen molar-refractivity contribution in [3.63, 3.8) is 0 Å². The second kappa shape index (κ2) is 9.63. The highest BCUT2D eigenvalue weighted by Crippen LogP contribution is 2.49. The SMILES string of the molecule is Nc1ccc2c3c(c(C(=O)NC4CCCNC4)sc13)C(N)C(=O)C2(N)c1ccc(Cc2ccccc2)cc1. The van der Waals surface area contributed by atoms with E-state index in [4.69, 9.17) is 17.2 Å². The third-order valence-electron chi connectivity index (χ3n) is 7.81. The molecule has 0 saturated carbocycles. The molecule has 38 heavy (non-hydrogen) atoms. The summed E-state index contributed by atoms with van der Waals surface area (Å²) in [6, 6.07) is 20.6. The molecule has 1 aliphatic carbocycles. The zero-order chi connectivity index (χ0) is 26.4. The number of nitrogens with one attached hydrogen (secondary N) is 2. The quantitative estimate of drug-likeness (QED) is 0.254. The van der Waals surface area contributed by atoms with Gasteiger partial charge in [0, 0.05) is 29.2 Å². The molecule has 8 heteroatoms. The Hall–Kier alpha value is -3.56. The van der Waals surface area contributed by atoms with Gasteiger partial charge in [-0.3, -0.25) is 9.59 Å². The maximum atomic E-state index is 14.0. The highest BCUT2D eigenvalue weighted by atomic mass is 32.1. The molecule has 3 atom stereocenters. The molecule has 1 aliphatic heterocycles. The molecule has 3 aromatic carbocycles. The van der Waals surface area contributed by atoms with Crippen LogP contribution in [0.3, 0.4) is 0 Å². The second-order valence-electron chi connectivity index (χ2n) is 10.3. The molecular formula is C30H31N5O2S. The molecule has 8 N–H and O–H groups in total. The number of amides is 1. The Morgan fingerprint density at radius 1 is 1.05 bits per heavy atom. The number of nitrogens with two attached hydrogens (primary N) is 3. The molecule has 0 spiro atoms. The van der Waals surface area contributed by atoms with Crippen LogP contribution in [0.25, 0.3) is 10.1 Å². The number of hydrogen-bond donors (Lipinski definition) is 5. The van der Waals surface area contributed by atoms with E-state index in [1.54, 1.807) is 6.07 Å². The van der Waals surface area contributed by atoms with Gasteiger partial charge in [0.1, 0.15) is 5.54 Å². The van der Waals surface area contributed by atoms with Crippen LogP contribution in [-0.4, -0.2) is 30.8 Å². The van der Waals surface area contributed by atoms with E-state index in [9.17, 15) is 9.59 Å². The van der Waals surface area contributed by atoms with Crippen LogP contribution in [0.4, 0.5) is 5.69 Å². The molecule has 194 valence electrons. The number of carbonyl (C=O) groups is 2.